The van der Waals surface area contributed by atoms with Crippen molar-refractivity contribution in [2.24, 2.45) is 0 Å². The number of carbonyl (C=O) groups excluding carboxylic acids is 1. The Morgan fingerprint density at radius 2 is 1.90 bits per heavy atom. The number of hydrogen-bond donors (Lipinski definition) is 2. The fourth-order valence-electron chi connectivity index (χ4n) is 2.80. The number of anilines is 3. The normalized spacial score (nSPS) is 13.7. The Morgan fingerprint density at radius 3 is 2.55 bits per heavy atom. The predicted molar refractivity (Wildman–Crippen MR) is 108 cm³/mol. The molecule has 0 unspecified atom stereocenters. The second kappa shape index (κ2) is 9.54. The fourth-order valence-corrected chi connectivity index (χ4v) is 3.26. The molecule has 1 saturated heterocycles. The average molecular weight is 467 g/mol. The Morgan fingerprint density at radius 1 is 1.17 bits per heavy atom. The molecule has 0 aliphatic carbocycles. The Bertz CT molecular complexity index is 930. The molecule has 2 aromatic carbocycles. The first-order valence-electron chi connectivity index (χ1n) is 8.65. The highest BCUT2D eigenvalue weighted by Crippen LogP contribution is 2.30. The lowest BCUT2D eigenvalue weighted by atomic mass is 10.2. The fraction of sp³-hybridized carbons (Fsp3) is 0.263. The number of benzene rings is 2. The van der Waals surface area contributed by atoms with Crippen molar-refractivity contribution in [2.75, 3.05) is 41.8 Å². The number of urea groups is 1. The number of amides is 2. The lowest BCUT2D eigenvalue weighted by Crippen LogP contribution is -2.36. The van der Waals surface area contributed by atoms with Gasteiger partial charge in [-0.15, -0.1) is 0 Å². The van der Waals surface area contributed by atoms with Gasteiger partial charge in [0.1, 0.15) is 5.75 Å². The van der Waals surface area contributed by atoms with Crippen LogP contribution in [-0.4, -0.2) is 38.9 Å². The van der Waals surface area contributed by atoms with Crippen molar-refractivity contribution in [3.63, 3.8) is 0 Å². The van der Waals surface area contributed by atoms with Gasteiger partial charge in [-0.3, -0.25) is 0 Å². The summed E-state index contributed by atoms with van der Waals surface area (Å²) in [7, 11) is 0. The molecule has 2 N–H and O–H groups in total. The molecule has 152 valence electrons. The summed E-state index contributed by atoms with van der Waals surface area (Å²) in [6.45, 7) is -0.187. The van der Waals surface area contributed by atoms with E-state index in [9.17, 15) is 13.6 Å². The van der Waals surface area contributed by atoms with Crippen molar-refractivity contribution in [3.05, 3.63) is 46.4 Å². The third kappa shape index (κ3) is 5.56. The minimum Gasteiger partial charge on any atom is -0.433 e. The first kappa shape index (κ1) is 20.8. The number of alkyl halides is 2. The SMILES string of the molecule is N#Cc1ccc(OC(F)F)c(NC(=O)Nc2ccc(N3CCOCC3)cc2Br)c1. The lowest BCUT2D eigenvalue weighted by molar-refractivity contribution is -0.0493. The van der Waals surface area contributed by atoms with E-state index in [1.807, 2.05) is 18.2 Å². The molecule has 0 bridgehead atoms. The summed E-state index contributed by atoms with van der Waals surface area (Å²) in [6, 6.07) is 10.5. The number of nitriles is 1. The van der Waals surface area contributed by atoms with Crippen molar-refractivity contribution in [2.45, 2.75) is 6.61 Å². The van der Waals surface area contributed by atoms with E-state index in [1.165, 1.54) is 18.2 Å². The number of morpholine rings is 1. The molecule has 1 aliphatic heterocycles. The van der Waals surface area contributed by atoms with E-state index in [-0.39, 0.29) is 17.0 Å². The summed E-state index contributed by atoms with van der Waals surface area (Å²) in [4.78, 5) is 14.5. The first-order valence-corrected chi connectivity index (χ1v) is 9.45. The summed E-state index contributed by atoms with van der Waals surface area (Å²) in [5.74, 6) is -0.240. The van der Waals surface area contributed by atoms with Gasteiger partial charge in [0.25, 0.3) is 0 Å². The molecule has 0 aromatic heterocycles. The zero-order valence-corrected chi connectivity index (χ0v) is 16.7. The molecule has 1 fully saturated rings. The molecular weight excluding hydrogens is 450 g/mol. The standard InChI is InChI=1S/C19H17BrF2N4O3/c20-14-10-13(26-5-7-28-8-6-26)2-3-15(14)24-19(27)25-16-9-12(11-23)1-4-17(16)29-18(21)22/h1-4,9-10,18H,5-8H2,(H2,24,25,27). The van der Waals surface area contributed by atoms with Crippen LogP contribution < -0.4 is 20.3 Å². The van der Waals surface area contributed by atoms with Crippen LogP contribution in [0.5, 0.6) is 5.75 Å². The van der Waals surface area contributed by atoms with Crippen molar-refractivity contribution in [1.29, 1.82) is 5.26 Å². The molecule has 1 heterocycles. The zero-order chi connectivity index (χ0) is 20.8. The topological polar surface area (TPSA) is 86.6 Å². The van der Waals surface area contributed by atoms with Crippen LogP contribution in [0.25, 0.3) is 0 Å². The number of nitrogens with zero attached hydrogens (tertiary/aromatic N) is 2. The highest BCUT2D eigenvalue weighted by molar-refractivity contribution is 9.10. The number of hydrogen-bond acceptors (Lipinski definition) is 5. The van der Waals surface area contributed by atoms with E-state index >= 15 is 0 Å². The van der Waals surface area contributed by atoms with Gasteiger partial charge in [0.05, 0.1) is 36.2 Å². The number of rotatable bonds is 5. The third-order valence-corrected chi connectivity index (χ3v) is 4.81. The van der Waals surface area contributed by atoms with Gasteiger partial charge in [0, 0.05) is 23.2 Å². The van der Waals surface area contributed by atoms with Gasteiger partial charge in [-0.2, -0.15) is 14.0 Å². The van der Waals surface area contributed by atoms with Gasteiger partial charge >= 0.3 is 12.6 Å². The maximum Gasteiger partial charge on any atom is 0.387 e. The number of carbonyl (C=O) groups is 1. The predicted octanol–water partition coefficient (Wildman–Crippen LogP) is 4.40. The van der Waals surface area contributed by atoms with Crippen LogP contribution in [0.15, 0.2) is 40.9 Å². The maximum atomic E-state index is 12.6. The molecule has 0 radical (unpaired) electrons. The van der Waals surface area contributed by atoms with Crippen LogP contribution in [0.2, 0.25) is 0 Å². The van der Waals surface area contributed by atoms with E-state index in [0.29, 0.717) is 23.4 Å². The first-order chi connectivity index (χ1) is 14.0. The Labute approximate surface area is 174 Å². The van der Waals surface area contributed by atoms with Crippen molar-refractivity contribution < 1.29 is 23.0 Å². The number of halogens is 3. The summed E-state index contributed by atoms with van der Waals surface area (Å²) < 4.78 is 35.5. The van der Waals surface area contributed by atoms with Crippen LogP contribution in [0.3, 0.4) is 0 Å². The summed E-state index contributed by atoms with van der Waals surface area (Å²) in [5.41, 5.74) is 1.63. The van der Waals surface area contributed by atoms with E-state index in [4.69, 9.17) is 10.00 Å². The van der Waals surface area contributed by atoms with Crippen LogP contribution in [-0.2, 0) is 4.74 Å². The van der Waals surface area contributed by atoms with E-state index in [2.05, 4.69) is 36.2 Å². The van der Waals surface area contributed by atoms with E-state index in [0.717, 1.165) is 18.8 Å². The van der Waals surface area contributed by atoms with Gasteiger partial charge in [0.2, 0.25) is 0 Å². The largest absolute Gasteiger partial charge is 0.433 e. The van der Waals surface area contributed by atoms with Gasteiger partial charge in [0.15, 0.2) is 0 Å². The second-order valence-corrected chi connectivity index (χ2v) is 6.90. The summed E-state index contributed by atoms with van der Waals surface area (Å²) in [5, 5.41) is 14.1. The Balaban J connectivity index is 1.71. The Hall–Kier alpha value is -2.90. The maximum absolute atomic E-state index is 12.6. The molecule has 0 saturated carbocycles. The van der Waals surface area contributed by atoms with E-state index < -0.39 is 12.6 Å². The molecular formula is C19H17BrF2N4O3. The van der Waals surface area contributed by atoms with E-state index in [1.54, 1.807) is 6.07 Å². The van der Waals surface area contributed by atoms with Crippen molar-refractivity contribution in [3.8, 4) is 11.8 Å². The lowest BCUT2D eigenvalue weighted by Gasteiger charge is -2.29. The minimum atomic E-state index is -3.06. The molecule has 29 heavy (non-hydrogen) atoms. The third-order valence-electron chi connectivity index (χ3n) is 4.15. The van der Waals surface area contributed by atoms with Crippen LogP contribution in [0.4, 0.5) is 30.6 Å². The van der Waals surface area contributed by atoms with Gasteiger partial charge in [-0.25, -0.2) is 4.79 Å². The molecule has 0 spiro atoms. The van der Waals surface area contributed by atoms with Gasteiger partial charge in [-0.1, -0.05) is 0 Å². The van der Waals surface area contributed by atoms with Crippen LogP contribution in [0, 0.1) is 11.3 Å². The monoisotopic (exact) mass is 466 g/mol. The molecule has 10 heteroatoms. The highest BCUT2D eigenvalue weighted by Gasteiger charge is 2.16. The van der Waals surface area contributed by atoms with Crippen LogP contribution in [0.1, 0.15) is 5.56 Å². The quantitative estimate of drug-likeness (QED) is 0.681. The number of ether oxygens (including phenoxy) is 2. The van der Waals surface area contributed by atoms with Crippen LogP contribution >= 0.6 is 15.9 Å². The minimum absolute atomic E-state index is 0.0390. The second-order valence-electron chi connectivity index (χ2n) is 6.04. The molecule has 0 atom stereocenters. The molecule has 1 aliphatic rings. The molecule has 7 nitrogen and oxygen atoms in total. The molecule has 2 amide bonds. The van der Waals surface area contributed by atoms with Crippen molar-refractivity contribution >= 4 is 39.0 Å². The number of nitrogens with one attached hydrogen (secondary N) is 2. The van der Waals surface area contributed by atoms with Gasteiger partial charge < -0.3 is 25.0 Å². The smallest absolute Gasteiger partial charge is 0.387 e. The summed E-state index contributed by atoms with van der Waals surface area (Å²) >= 11 is 3.43. The van der Waals surface area contributed by atoms with Gasteiger partial charge in [-0.05, 0) is 52.3 Å². The van der Waals surface area contributed by atoms with Crippen molar-refractivity contribution in [1.82, 2.24) is 0 Å². The summed E-state index contributed by atoms with van der Waals surface area (Å²) in [6.07, 6.45) is 0. The zero-order valence-electron chi connectivity index (χ0n) is 15.1. The average Bonchev–Trinajstić information content (AvgIpc) is 2.71. The molecule has 2 aromatic rings. The highest BCUT2D eigenvalue weighted by atomic mass is 79.9. The Kier molecular flexibility index (Phi) is 6.85. The molecule has 3 rings (SSSR count).